The number of allylic oxidation sites excluding steroid dienone is 4. The van der Waals surface area contributed by atoms with Gasteiger partial charge in [-0.25, -0.2) is 0 Å². The first-order chi connectivity index (χ1) is 16.9. The first kappa shape index (κ1) is 34.4. The van der Waals surface area contributed by atoms with Crippen LogP contribution in [0.1, 0.15) is 78.5 Å². The summed E-state index contributed by atoms with van der Waals surface area (Å²) in [4.78, 5) is 0. The fourth-order valence-electron chi connectivity index (χ4n) is 4.18. The molecule has 0 saturated heterocycles. The van der Waals surface area contributed by atoms with E-state index in [2.05, 4.69) is 140 Å². The molecule has 200 valence electrons. The Kier molecular flexibility index (Phi) is 13.3. The third-order valence-electron chi connectivity index (χ3n) is 6.22. The standard InChI is InChI=1S/C21H25.C11H9.C3H6.2ClH.Zr/c1-20(2,3)16-7-9-18-14(12-16)11-15-13-17(21(4,5)6)8-10-19(15)18;1-2-6-10(7-3-1)11-8-4-5-9-11;1-3-2;;;/h7-13H,1-6H3;1-4,6-8H,5H2;1-2H3;2*1H;/q2*-1;;;;+2/p-2. The molecule has 0 spiro atoms. The Morgan fingerprint density at radius 2 is 1.18 bits per heavy atom. The van der Waals surface area contributed by atoms with Crippen LogP contribution in [-0.4, -0.2) is 3.21 Å². The van der Waals surface area contributed by atoms with Crippen molar-refractivity contribution in [2.24, 2.45) is 0 Å². The van der Waals surface area contributed by atoms with Crippen LogP contribution in [0.4, 0.5) is 0 Å². The van der Waals surface area contributed by atoms with Crippen molar-refractivity contribution >= 4 is 30.3 Å². The SMILES string of the molecule is CC(C)(C)c1ccc2c(c1)[cH-]c1cc(C(C)(C)C)ccc12.C[C](C)=[Zr+2].[C-]1=C(c2ccccc2)C=CC1.[Cl-].[Cl-]. The molecule has 0 amide bonds. The van der Waals surface area contributed by atoms with Gasteiger partial charge in [0, 0.05) is 0 Å². The number of fused-ring (bicyclic) bond motifs is 3. The monoisotopic (exact) mass is 620 g/mol. The number of hydrogen-bond donors (Lipinski definition) is 0. The van der Waals surface area contributed by atoms with Crippen molar-refractivity contribution in [1.29, 1.82) is 0 Å². The van der Waals surface area contributed by atoms with Gasteiger partial charge in [0.1, 0.15) is 0 Å². The van der Waals surface area contributed by atoms with E-state index in [-0.39, 0.29) is 35.6 Å². The van der Waals surface area contributed by atoms with Crippen molar-refractivity contribution in [3.05, 3.63) is 108 Å². The van der Waals surface area contributed by atoms with Gasteiger partial charge in [-0.05, 0) is 10.8 Å². The molecule has 3 heteroatoms. The predicted molar refractivity (Wildman–Crippen MR) is 158 cm³/mol. The fraction of sp³-hybridized carbons (Fsp3) is 0.314. The van der Waals surface area contributed by atoms with Crippen LogP contribution in [0.5, 0.6) is 0 Å². The van der Waals surface area contributed by atoms with Gasteiger partial charge in [0.15, 0.2) is 0 Å². The molecule has 0 aromatic heterocycles. The molecule has 4 aromatic carbocycles. The Morgan fingerprint density at radius 3 is 1.55 bits per heavy atom. The molecule has 5 rings (SSSR count). The summed E-state index contributed by atoms with van der Waals surface area (Å²) in [5.74, 6) is 0. The molecule has 0 fully saturated rings. The molecule has 4 aromatic rings. The van der Waals surface area contributed by atoms with E-state index < -0.39 is 0 Å². The van der Waals surface area contributed by atoms with Crippen molar-refractivity contribution in [2.45, 2.75) is 72.6 Å². The minimum Gasteiger partial charge on any atom is -1.00 e. The summed E-state index contributed by atoms with van der Waals surface area (Å²) in [6.45, 7) is 17.9. The summed E-state index contributed by atoms with van der Waals surface area (Å²) in [6.07, 6.45) is 8.49. The summed E-state index contributed by atoms with van der Waals surface area (Å²) >= 11 is 1.55. The molecule has 0 bridgehead atoms. The minimum absolute atomic E-state index is 0. The summed E-state index contributed by atoms with van der Waals surface area (Å²) in [7, 11) is 0. The topological polar surface area (TPSA) is 0 Å². The predicted octanol–water partition coefficient (Wildman–Crippen LogP) is 3.89. The maximum absolute atomic E-state index is 3.28. The summed E-state index contributed by atoms with van der Waals surface area (Å²) < 4.78 is 1.51. The van der Waals surface area contributed by atoms with E-state index in [4.69, 9.17) is 0 Å². The smallest absolute Gasteiger partial charge is 0.0643 e. The molecule has 0 unspecified atom stereocenters. The first-order valence-corrected chi connectivity index (χ1v) is 14.1. The van der Waals surface area contributed by atoms with Crippen molar-refractivity contribution in [3.63, 3.8) is 0 Å². The van der Waals surface area contributed by atoms with Gasteiger partial charge in [-0.3, -0.25) is 0 Å². The molecule has 0 atom stereocenters. The van der Waals surface area contributed by atoms with Gasteiger partial charge in [0.05, 0.1) is 0 Å². The third-order valence-corrected chi connectivity index (χ3v) is 6.22. The van der Waals surface area contributed by atoms with Crippen molar-refractivity contribution in [3.8, 4) is 0 Å². The molecule has 0 saturated carbocycles. The van der Waals surface area contributed by atoms with E-state index in [1.165, 1.54) is 47.0 Å². The second kappa shape index (κ2) is 14.6. The van der Waals surface area contributed by atoms with Gasteiger partial charge in [-0.1, -0.05) is 102 Å². The van der Waals surface area contributed by atoms with Crippen LogP contribution in [0.2, 0.25) is 0 Å². The molecular formula is C35H40Cl2Zr-2. The van der Waals surface area contributed by atoms with Gasteiger partial charge in [0.25, 0.3) is 0 Å². The quantitative estimate of drug-likeness (QED) is 0.283. The van der Waals surface area contributed by atoms with Crippen molar-refractivity contribution < 1.29 is 49.0 Å². The van der Waals surface area contributed by atoms with Gasteiger partial charge in [-0.2, -0.15) is 17.7 Å². The number of halogens is 2. The average molecular weight is 623 g/mol. The van der Waals surface area contributed by atoms with E-state index >= 15 is 0 Å². The zero-order valence-electron chi connectivity index (χ0n) is 24.0. The number of hydrogen-bond acceptors (Lipinski definition) is 0. The van der Waals surface area contributed by atoms with Gasteiger partial charge < -0.3 is 24.8 Å². The average Bonchev–Trinajstić information content (AvgIpc) is 3.46. The summed E-state index contributed by atoms with van der Waals surface area (Å²) in [6, 6.07) is 26.5. The Morgan fingerprint density at radius 1 is 0.737 bits per heavy atom. The molecule has 38 heavy (non-hydrogen) atoms. The maximum atomic E-state index is 3.28. The zero-order valence-corrected chi connectivity index (χ0v) is 28.0. The van der Waals surface area contributed by atoms with E-state index in [9.17, 15) is 0 Å². The Hall–Kier alpha value is -1.66. The van der Waals surface area contributed by atoms with Crippen LogP contribution in [-0.2, 0) is 35.1 Å². The molecule has 0 radical (unpaired) electrons. The second-order valence-corrected chi connectivity index (χ2v) is 14.3. The van der Waals surface area contributed by atoms with E-state index in [1.54, 1.807) is 24.2 Å². The van der Waals surface area contributed by atoms with E-state index in [0.29, 0.717) is 0 Å². The zero-order chi connectivity index (χ0) is 26.5. The van der Waals surface area contributed by atoms with Crippen molar-refractivity contribution in [2.75, 3.05) is 0 Å². The van der Waals surface area contributed by atoms with Crippen LogP contribution in [0.15, 0.2) is 84.9 Å². The number of benzene rings is 3. The van der Waals surface area contributed by atoms with Crippen molar-refractivity contribution in [1.82, 2.24) is 0 Å². The molecule has 1 aliphatic rings. The Balaban J connectivity index is 0.000000358. The fourth-order valence-corrected chi connectivity index (χ4v) is 4.18. The normalized spacial score (nSPS) is 12.4. The van der Waals surface area contributed by atoms with Crippen LogP contribution in [0.3, 0.4) is 0 Å². The van der Waals surface area contributed by atoms with Crippen LogP contribution >= 0.6 is 0 Å². The first-order valence-electron chi connectivity index (χ1n) is 12.8. The molecular weight excluding hydrogens is 583 g/mol. The van der Waals surface area contributed by atoms with E-state index in [1.807, 2.05) is 6.07 Å². The van der Waals surface area contributed by atoms with Gasteiger partial charge >= 0.3 is 41.3 Å². The van der Waals surface area contributed by atoms with Crippen LogP contribution in [0.25, 0.3) is 27.1 Å². The molecule has 0 aliphatic heterocycles. The molecule has 1 aliphatic carbocycles. The molecule has 0 heterocycles. The van der Waals surface area contributed by atoms with Gasteiger partial charge in [0.2, 0.25) is 0 Å². The van der Waals surface area contributed by atoms with Crippen LogP contribution < -0.4 is 24.8 Å². The third kappa shape index (κ3) is 9.52. The maximum Gasteiger partial charge on any atom is -0.0643 e. The Labute approximate surface area is 258 Å². The second-order valence-electron chi connectivity index (χ2n) is 11.8. The van der Waals surface area contributed by atoms with Gasteiger partial charge in [-0.15, -0.1) is 63.5 Å². The molecule has 0 N–H and O–H groups in total. The minimum atomic E-state index is 0. The molecule has 0 nitrogen and oxygen atoms in total. The largest absolute Gasteiger partial charge is 1.00 e. The summed E-state index contributed by atoms with van der Waals surface area (Å²) in [5, 5.41) is 5.48. The van der Waals surface area contributed by atoms with Crippen LogP contribution in [0, 0.1) is 6.08 Å². The van der Waals surface area contributed by atoms with E-state index in [0.717, 1.165) is 6.42 Å². The summed E-state index contributed by atoms with van der Waals surface area (Å²) in [5.41, 5.74) is 5.71. The number of rotatable bonds is 1. The Bertz CT molecular complexity index is 1320.